The first-order valence-corrected chi connectivity index (χ1v) is 11.0. The molecule has 2 fully saturated rings. The van der Waals surface area contributed by atoms with Gasteiger partial charge >= 0.3 is 0 Å². The first kappa shape index (κ1) is 23.3. The maximum Gasteiger partial charge on any atom is 0.224 e. The van der Waals surface area contributed by atoms with Crippen molar-refractivity contribution in [1.82, 2.24) is 15.5 Å². The third kappa shape index (κ3) is 6.54. The summed E-state index contributed by atoms with van der Waals surface area (Å²) in [5.41, 5.74) is 0.920. The highest BCUT2D eigenvalue weighted by Crippen LogP contribution is 2.31. The lowest BCUT2D eigenvalue weighted by Crippen LogP contribution is -2.49. The van der Waals surface area contributed by atoms with Gasteiger partial charge in [-0.25, -0.2) is 4.39 Å². The predicted octanol–water partition coefficient (Wildman–Crippen LogP) is 0.819. The third-order valence-electron chi connectivity index (χ3n) is 6.14. The van der Waals surface area contributed by atoms with E-state index in [1.54, 1.807) is 19.2 Å². The standard InChI is InChI=1S/C22H34FN5O3/c1-24-21(26-16-22(7-14-29)8-15-31-17-22)25-9-6-20(30)28-12-10-27(11-13-28)19-4-2-18(23)3-5-19/h2-5,29H,6-17H2,1H3,(H2,24,25,26). The van der Waals surface area contributed by atoms with Crippen LogP contribution in [-0.4, -0.2) is 88.0 Å². The summed E-state index contributed by atoms with van der Waals surface area (Å²) in [5.74, 6) is 0.524. The van der Waals surface area contributed by atoms with Crippen molar-refractivity contribution in [3.05, 3.63) is 30.1 Å². The summed E-state index contributed by atoms with van der Waals surface area (Å²) in [5, 5.41) is 15.9. The number of guanidine groups is 1. The van der Waals surface area contributed by atoms with Crippen molar-refractivity contribution in [3.8, 4) is 0 Å². The monoisotopic (exact) mass is 435 g/mol. The molecule has 1 unspecified atom stereocenters. The van der Waals surface area contributed by atoms with Crippen molar-refractivity contribution in [1.29, 1.82) is 0 Å². The number of hydrogen-bond acceptors (Lipinski definition) is 5. The highest BCUT2D eigenvalue weighted by Gasteiger charge is 2.34. The SMILES string of the molecule is CN=C(NCCC(=O)N1CCN(c2ccc(F)cc2)CC1)NCC1(CCO)CCOC1. The molecule has 1 atom stereocenters. The molecule has 0 radical (unpaired) electrons. The molecule has 2 saturated heterocycles. The number of hydrogen-bond donors (Lipinski definition) is 3. The molecule has 9 heteroatoms. The lowest BCUT2D eigenvalue weighted by molar-refractivity contribution is -0.131. The predicted molar refractivity (Wildman–Crippen MR) is 119 cm³/mol. The molecule has 0 bridgehead atoms. The Labute approximate surface area is 183 Å². The number of anilines is 1. The van der Waals surface area contributed by atoms with Crippen LogP contribution in [-0.2, 0) is 9.53 Å². The Morgan fingerprint density at radius 3 is 2.58 bits per heavy atom. The Balaban J connectivity index is 1.37. The Bertz CT molecular complexity index is 729. The number of piperazine rings is 1. The van der Waals surface area contributed by atoms with Gasteiger partial charge in [0, 0.05) is 77.1 Å². The molecule has 2 heterocycles. The number of nitrogens with zero attached hydrogens (tertiary/aromatic N) is 3. The number of benzene rings is 1. The van der Waals surface area contributed by atoms with E-state index in [1.807, 2.05) is 4.90 Å². The van der Waals surface area contributed by atoms with Gasteiger partial charge in [0.25, 0.3) is 0 Å². The molecule has 0 saturated carbocycles. The molecule has 1 aromatic carbocycles. The summed E-state index contributed by atoms with van der Waals surface area (Å²) in [6.07, 6.45) is 2.00. The fourth-order valence-electron chi connectivity index (χ4n) is 4.12. The van der Waals surface area contributed by atoms with Crippen LogP contribution in [0.1, 0.15) is 19.3 Å². The Morgan fingerprint density at radius 1 is 1.23 bits per heavy atom. The van der Waals surface area contributed by atoms with Gasteiger partial charge in [-0.1, -0.05) is 0 Å². The number of halogens is 1. The van der Waals surface area contributed by atoms with E-state index in [0.717, 1.165) is 31.8 Å². The molecule has 2 aliphatic rings. The molecular formula is C22H34FN5O3. The summed E-state index contributed by atoms with van der Waals surface area (Å²) in [7, 11) is 1.70. The van der Waals surface area contributed by atoms with Gasteiger partial charge in [0.2, 0.25) is 5.91 Å². The molecule has 1 aromatic rings. The van der Waals surface area contributed by atoms with E-state index in [2.05, 4.69) is 20.5 Å². The Morgan fingerprint density at radius 2 is 1.97 bits per heavy atom. The van der Waals surface area contributed by atoms with E-state index in [-0.39, 0.29) is 23.7 Å². The molecule has 0 aliphatic carbocycles. The maximum absolute atomic E-state index is 13.1. The van der Waals surface area contributed by atoms with Gasteiger partial charge in [-0.2, -0.15) is 0 Å². The van der Waals surface area contributed by atoms with Crippen molar-refractivity contribution in [2.45, 2.75) is 19.3 Å². The molecular weight excluding hydrogens is 401 g/mol. The zero-order valence-electron chi connectivity index (χ0n) is 18.3. The number of carbonyl (C=O) groups excluding carboxylic acids is 1. The zero-order valence-corrected chi connectivity index (χ0v) is 18.3. The number of aliphatic hydroxyl groups is 1. The van der Waals surface area contributed by atoms with Crippen molar-refractivity contribution in [3.63, 3.8) is 0 Å². The van der Waals surface area contributed by atoms with Crippen LogP contribution in [0.3, 0.4) is 0 Å². The van der Waals surface area contributed by atoms with E-state index >= 15 is 0 Å². The second-order valence-corrected chi connectivity index (χ2v) is 8.22. The molecule has 2 aliphatic heterocycles. The first-order valence-electron chi connectivity index (χ1n) is 11.0. The highest BCUT2D eigenvalue weighted by atomic mass is 19.1. The number of aliphatic imine (C=N–C) groups is 1. The molecule has 172 valence electrons. The lowest BCUT2D eigenvalue weighted by Gasteiger charge is -2.36. The summed E-state index contributed by atoms with van der Waals surface area (Å²) in [4.78, 5) is 20.9. The van der Waals surface area contributed by atoms with Gasteiger partial charge < -0.3 is 30.3 Å². The van der Waals surface area contributed by atoms with E-state index in [1.165, 1.54) is 12.1 Å². The average Bonchev–Trinajstić information content (AvgIpc) is 3.25. The summed E-state index contributed by atoms with van der Waals surface area (Å²) in [6.45, 7) is 5.47. The molecule has 3 N–H and O–H groups in total. The van der Waals surface area contributed by atoms with Gasteiger partial charge in [0.15, 0.2) is 5.96 Å². The molecule has 0 aromatic heterocycles. The first-order chi connectivity index (χ1) is 15.0. The topological polar surface area (TPSA) is 89.4 Å². The second-order valence-electron chi connectivity index (χ2n) is 8.22. The van der Waals surface area contributed by atoms with Crippen LogP contribution >= 0.6 is 0 Å². The number of aliphatic hydroxyl groups excluding tert-OH is 1. The zero-order chi connectivity index (χ0) is 22.1. The fourth-order valence-corrected chi connectivity index (χ4v) is 4.12. The molecule has 1 amide bonds. The van der Waals surface area contributed by atoms with Crippen molar-refractivity contribution < 1.29 is 19.0 Å². The van der Waals surface area contributed by atoms with Crippen LogP contribution in [0, 0.1) is 11.2 Å². The van der Waals surface area contributed by atoms with Gasteiger partial charge in [-0.3, -0.25) is 9.79 Å². The molecule has 0 spiro atoms. The largest absolute Gasteiger partial charge is 0.396 e. The van der Waals surface area contributed by atoms with Crippen molar-refractivity contribution >= 4 is 17.6 Å². The van der Waals surface area contributed by atoms with Gasteiger partial charge in [0.05, 0.1) is 6.61 Å². The van der Waals surface area contributed by atoms with Gasteiger partial charge in [0.1, 0.15) is 5.82 Å². The van der Waals surface area contributed by atoms with E-state index in [0.29, 0.717) is 51.6 Å². The van der Waals surface area contributed by atoms with Crippen LogP contribution < -0.4 is 15.5 Å². The summed E-state index contributed by atoms with van der Waals surface area (Å²) >= 11 is 0. The third-order valence-corrected chi connectivity index (χ3v) is 6.14. The van der Waals surface area contributed by atoms with E-state index in [9.17, 15) is 14.3 Å². The molecule has 8 nitrogen and oxygen atoms in total. The number of ether oxygens (including phenoxy) is 1. The summed E-state index contributed by atoms with van der Waals surface area (Å²) in [6, 6.07) is 6.48. The van der Waals surface area contributed by atoms with Crippen molar-refractivity contribution in [2.24, 2.45) is 10.4 Å². The van der Waals surface area contributed by atoms with Gasteiger partial charge in [-0.05, 0) is 37.1 Å². The quantitative estimate of drug-likeness (QED) is 0.414. The Hall–Kier alpha value is -2.39. The second kappa shape index (κ2) is 11.3. The Kier molecular flexibility index (Phi) is 8.48. The fraction of sp³-hybridized carbons (Fsp3) is 0.636. The number of amides is 1. The van der Waals surface area contributed by atoms with Crippen LogP contribution in [0.4, 0.5) is 10.1 Å². The minimum Gasteiger partial charge on any atom is -0.396 e. The lowest BCUT2D eigenvalue weighted by atomic mass is 9.84. The van der Waals surface area contributed by atoms with Crippen LogP contribution in [0.2, 0.25) is 0 Å². The normalized spacial score (nSPS) is 22.0. The van der Waals surface area contributed by atoms with Crippen LogP contribution in [0.25, 0.3) is 0 Å². The molecule has 3 rings (SSSR count). The summed E-state index contributed by atoms with van der Waals surface area (Å²) < 4.78 is 18.6. The van der Waals surface area contributed by atoms with Gasteiger partial charge in [-0.15, -0.1) is 0 Å². The maximum atomic E-state index is 13.1. The van der Waals surface area contributed by atoms with E-state index < -0.39 is 0 Å². The number of nitrogens with one attached hydrogen (secondary N) is 2. The number of carbonyl (C=O) groups is 1. The van der Waals surface area contributed by atoms with Crippen LogP contribution in [0.5, 0.6) is 0 Å². The number of rotatable bonds is 8. The minimum absolute atomic E-state index is 0.0631. The minimum atomic E-state index is -0.241. The highest BCUT2D eigenvalue weighted by molar-refractivity contribution is 5.81. The van der Waals surface area contributed by atoms with Crippen molar-refractivity contribution in [2.75, 3.05) is 71.0 Å². The smallest absolute Gasteiger partial charge is 0.224 e. The average molecular weight is 436 g/mol. The van der Waals surface area contributed by atoms with Crippen LogP contribution in [0.15, 0.2) is 29.3 Å². The molecule has 31 heavy (non-hydrogen) atoms. The van der Waals surface area contributed by atoms with E-state index in [4.69, 9.17) is 4.74 Å².